The molecule has 1 heterocycles. The van der Waals surface area contributed by atoms with Crippen LogP contribution in [-0.2, 0) is 17.6 Å². The average molecular weight is 465 g/mol. The zero-order valence-corrected chi connectivity index (χ0v) is 19.8. The average Bonchev–Trinajstić information content (AvgIpc) is 2.93. The van der Waals surface area contributed by atoms with Crippen LogP contribution in [0.3, 0.4) is 0 Å². The van der Waals surface area contributed by atoms with Gasteiger partial charge in [0.15, 0.2) is 0 Å². The molecule has 0 aliphatic rings. The summed E-state index contributed by atoms with van der Waals surface area (Å²) in [5.74, 6) is 0.183. The van der Waals surface area contributed by atoms with Gasteiger partial charge in [-0.1, -0.05) is 109 Å². The quantitative estimate of drug-likeness (QED) is 0.257. The first-order valence-corrected chi connectivity index (χ1v) is 12.1. The highest BCUT2D eigenvalue weighted by molar-refractivity contribution is 5.92. The van der Waals surface area contributed by atoms with Crippen LogP contribution in [-0.4, -0.2) is 15.8 Å². The molecule has 1 aromatic heterocycles. The van der Waals surface area contributed by atoms with Crippen molar-refractivity contribution in [3.05, 3.63) is 132 Å². The number of carbonyl (C=O) groups excluding carboxylic acids is 1. The van der Waals surface area contributed by atoms with Gasteiger partial charge in [-0.3, -0.25) is 4.79 Å². The molecule has 6 rings (SSSR count). The van der Waals surface area contributed by atoms with E-state index in [1.807, 2.05) is 78.9 Å². The third kappa shape index (κ3) is 4.39. The third-order valence-electron chi connectivity index (χ3n) is 6.49. The van der Waals surface area contributed by atoms with Crippen LogP contribution in [0.1, 0.15) is 11.1 Å². The topological polar surface area (TPSA) is 42.9 Å². The van der Waals surface area contributed by atoms with Crippen LogP contribution in [0.15, 0.2) is 121 Å². The van der Waals surface area contributed by atoms with E-state index in [-0.39, 0.29) is 5.78 Å². The van der Waals surface area contributed by atoms with Crippen molar-refractivity contribution >= 4 is 27.6 Å². The summed E-state index contributed by atoms with van der Waals surface area (Å²) in [5, 5.41) is 2.30. The summed E-state index contributed by atoms with van der Waals surface area (Å²) in [6.07, 6.45) is 0.773. The van der Waals surface area contributed by atoms with E-state index >= 15 is 0 Å². The Kier molecular flexibility index (Phi) is 5.80. The molecule has 0 unspecified atom stereocenters. The van der Waals surface area contributed by atoms with Gasteiger partial charge in [0.2, 0.25) is 0 Å². The van der Waals surface area contributed by atoms with Gasteiger partial charge in [-0.15, -0.1) is 0 Å². The minimum atomic E-state index is 0.183. The molecule has 0 atom stereocenters. The van der Waals surface area contributed by atoms with Crippen molar-refractivity contribution in [3.63, 3.8) is 0 Å². The normalized spacial score (nSPS) is 11.1. The van der Waals surface area contributed by atoms with Crippen molar-refractivity contribution in [2.24, 2.45) is 0 Å². The SMILES string of the molecule is O=C(Cc1ccc2nc(-c3ccccc3)c(-c3ccccc3)nc2c1)Cc1cccc2ccccc12. The van der Waals surface area contributed by atoms with E-state index < -0.39 is 0 Å². The highest BCUT2D eigenvalue weighted by Crippen LogP contribution is 2.31. The minimum Gasteiger partial charge on any atom is -0.299 e. The fourth-order valence-electron chi connectivity index (χ4n) is 4.75. The van der Waals surface area contributed by atoms with Crippen LogP contribution in [0.5, 0.6) is 0 Å². The van der Waals surface area contributed by atoms with Crippen molar-refractivity contribution < 1.29 is 4.79 Å². The summed E-state index contributed by atoms with van der Waals surface area (Å²) >= 11 is 0. The van der Waals surface area contributed by atoms with E-state index in [1.54, 1.807) is 0 Å². The van der Waals surface area contributed by atoms with Gasteiger partial charge in [-0.25, -0.2) is 9.97 Å². The maximum Gasteiger partial charge on any atom is 0.141 e. The lowest BCUT2D eigenvalue weighted by Crippen LogP contribution is -2.07. The van der Waals surface area contributed by atoms with Gasteiger partial charge >= 0.3 is 0 Å². The molecule has 3 nitrogen and oxygen atoms in total. The van der Waals surface area contributed by atoms with Crippen molar-refractivity contribution in [1.29, 1.82) is 0 Å². The van der Waals surface area contributed by atoms with Crippen molar-refractivity contribution in [3.8, 4) is 22.5 Å². The second-order valence-electron chi connectivity index (χ2n) is 9.01. The first-order chi connectivity index (χ1) is 17.7. The van der Waals surface area contributed by atoms with Crippen LogP contribution < -0.4 is 0 Å². The third-order valence-corrected chi connectivity index (χ3v) is 6.49. The number of aromatic nitrogens is 2. The van der Waals surface area contributed by atoms with E-state index in [1.165, 1.54) is 0 Å². The molecule has 0 aliphatic heterocycles. The minimum absolute atomic E-state index is 0.183. The number of fused-ring (bicyclic) bond motifs is 2. The molecule has 36 heavy (non-hydrogen) atoms. The van der Waals surface area contributed by atoms with Crippen LogP contribution in [0.4, 0.5) is 0 Å². The molecule has 0 saturated carbocycles. The zero-order valence-electron chi connectivity index (χ0n) is 19.8. The van der Waals surface area contributed by atoms with Crippen molar-refractivity contribution in [2.75, 3.05) is 0 Å². The van der Waals surface area contributed by atoms with E-state index in [0.717, 1.165) is 55.4 Å². The van der Waals surface area contributed by atoms with Crippen LogP contribution in [0, 0.1) is 0 Å². The first-order valence-electron chi connectivity index (χ1n) is 12.1. The van der Waals surface area contributed by atoms with Crippen molar-refractivity contribution in [2.45, 2.75) is 12.8 Å². The molecule has 0 amide bonds. The fraction of sp³-hybridized carbons (Fsp3) is 0.0606. The molecule has 3 heteroatoms. The molecule has 0 N–H and O–H groups in total. The molecular formula is C33H24N2O. The Balaban J connectivity index is 1.34. The van der Waals surface area contributed by atoms with Crippen LogP contribution >= 0.6 is 0 Å². The summed E-state index contributed by atoms with van der Waals surface area (Å²) in [5.41, 5.74) is 7.37. The summed E-state index contributed by atoms with van der Waals surface area (Å²) in [6.45, 7) is 0. The van der Waals surface area contributed by atoms with Gasteiger partial charge in [-0.05, 0) is 34.0 Å². The second-order valence-corrected chi connectivity index (χ2v) is 9.01. The molecule has 0 fully saturated rings. The molecule has 0 spiro atoms. The predicted molar refractivity (Wildman–Crippen MR) is 147 cm³/mol. The van der Waals surface area contributed by atoms with Gasteiger partial charge < -0.3 is 0 Å². The van der Waals surface area contributed by atoms with E-state index in [9.17, 15) is 4.79 Å². The maximum atomic E-state index is 13.1. The lowest BCUT2D eigenvalue weighted by atomic mass is 9.97. The van der Waals surface area contributed by atoms with E-state index in [2.05, 4.69) is 42.5 Å². The van der Waals surface area contributed by atoms with Gasteiger partial charge in [0.05, 0.1) is 22.4 Å². The highest BCUT2D eigenvalue weighted by atomic mass is 16.1. The van der Waals surface area contributed by atoms with Gasteiger partial charge in [0, 0.05) is 24.0 Å². The van der Waals surface area contributed by atoms with Crippen LogP contribution in [0.2, 0.25) is 0 Å². The number of nitrogens with zero attached hydrogens (tertiary/aromatic N) is 2. The molecule has 0 radical (unpaired) electrons. The number of ketones is 1. The molecule has 5 aromatic carbocycles. The Morgan fingerprint density at radius 3 is 1.89 bits per heavy atom. The number of carbonyl (C=O) groups is 1. The number of hydrogen-bond donors (Lipinski definition) is 0. The monoisotopic (exact) mass is 464 g/mol. The second kappa shape index (κ2) is 9.55. The van der Waals surface area contributed by atoms with E-state index in [4.69, 9.17) is 9.97 Å². The smallest absolute Gasteiger partial charge is 0.141 e. The van der Waals surface area contributed by atoms with Gasteiger partial charge in [0.25, 0.3) is 0 Å². The summed E-state index contributed by atoms with van der Waals surface area (Å²) in [6, 6.07) is 40.6. The predicted octanol–water partition coefficient (Wildman–Crippen LogP) is 7.47. The van der Waals surface area contributed by atoms with Crippen molar-refractivity contribution in [1.82, 2.24) is 9.97 Å². The Labute approximate surface area is 210 Å². The molecule has 0 aliphatic carbocycles. The van der Waals surface area contributed by atoms with Gasteiger partial charge in [-0.2, -0.15) is 0 Å². The number of hydrogen-bond acceptors (Lipinski definition) is 3. The molecule has 172 valence electrons. The first kappa shape index (κ1) is 21.9. The summed E-state index contributed by atoms with van der Waals surface area (Å²) < 4.78 is 0. The number of Topliss-reactive ketones (excluding diaryl/α,β-unsaturated/α-hetero) is 1. The Morgan fingerprint density at radius 2 is 1.17 bits per heavy atom. The largest absolute Gasteiger partial charge is 0.299 e. The summed E-state index contributed by atoms with van der Waals surface area (Å²) in [4.78, 5) is 23.1. The van der Waals surface area contributed by atoms with Gasteiger partial charge in [0.1, 0.15) is 5.78 Å². The molecule has 0 bridgehead atoms. The maximum absolute atomic E-state index is 13.1. The van der Waals surface area contributed by atoms with Crippen LogP contribution in [0.25, 0.3) is 44.3 Å². The number of benzene rings is 5. The number of rotatable bonds is 6. The van der Waals surface area contributed by atoms with E-state index in [0.29, 0.717) is 12.8 Å². The Bertz CT molecular complexity index is 1690. The Hall–Kier alpha value is -4.63. The highest BCUT2D eigenvalue weighted by Gasteiger charge is 2.14. The lowest BCUT2D eigenvalue weighted by molar-refractivity contribution is -0.117. The molecule has 0 saturated heterocycles. The zero-order chi connectivity index (χ0) is 24.3. The lowest BCUT2D eigenvalue weighted by Gasteiger charge is -2.11. The Morgan fingerprint density at radius 1 is 0.556 bits per heavy atom. The molecule has 6 aromatic rings. The summed E-state index contributed by atoms with van der Waals surface area (Å²) in [7, 11) is 0. The fourth-order valence-corrected chi connectivity index (χ4v) is 4.75. The molecular weight excluding hydrogens is 440 g/mol. The standard InChI is InChI=1S/C33H24N2O/c36-28(22-27-16-9-15-24-10-7-8-17-29(24)27)20-23-18-19-30-31(21-23)35-33(26-13-5-2-6-14-26)32(34-30)25-11-3-1-4-12-25/h1-19,21H,20,22H2.